The number of likely N-dealkylation sites (N-methyl/N-ethyl adjacent to an activating group) is 1. The van der Waals surface area contributed by atoms with Crippen LogP contribution in [-0.4, -0.2) is 31.3 Å². The molecule has 0 amide bonds. The fourth-order valence-corrected chi connectivity index (χ4v) is 2.72. The second-order valence-electron chi connectivity index (χ2n) is 5.92. The van der Waals surface area contributed by atoms with E-state index in [1.807, 2.05) is 24.5 Å². The summed E-state index contributed by atoms with van der Waals surface area (Å²) in [5, 5.41) is 4.10. The molecule has 1 aromatic carbocycles. The van der Waals surface area contributed by atoms with Gasteiger partial charge in [-0.25, -0.2) is 0 Å². The third-order valence-electron chi connectivity index (χ3n) is 3.77. The molecule has 0 bridgehead atoms. The van der Waals surface area contributed by atoms with E-state index in [4.69, 9.17) is 11.6 Å². The van der Waals surface area contributed by atoms with Crippen LogP contribution in [0.3, 0.4) is 0 Å². The minimum Gasteiger partial charge on any atom is -0.389 e. The van der Waals surface area contributed by atoms with Gasteiger partial charge in [-0.2, -0.15) is 0 Å². The van der Waals surface area contributed by atoms with Crippen molar-refractivity contribution < 1.29 is 0 Å². The van der Waals surface area contributed by atoms with Gasteiger partial charge in [-0.15, -0.1) is 0 Å². The van der Waals surface area contributed by atoms with Crippen molar-refractivity contribution in [1.29, 1.82) is 0 Å². The van der Waals surface area contributed by atoms with E-state index >= 15 is 0 Å². The molecule has 24 heavy (non-hydrogen) atoms. The van der Waals surface area contributed by atoms with Gasteiger partial charge in [0.05, 0.1) is 6.04 Å². The molecule has 1 rings (SSSR count). The Morgan fingerprint density at radius 3 is 2.50 bits per heavy atom. The Hall–Kier alpha value is -1.58. The highest BCUT2D eigenvalue weighted by atomic mass is 35.5. The maximum Gasteiger partial charge on any atom is 0.0576 e. The second-order valence-corrected chi connectivity index (χ2v) is 6.36. The highest BCUT2D eigenvalue weighted by molar-refractivity contribution is 6.30. The standard InChI is InChI=1S/C20H30ClN3/c1-6-13-22-15-16(3)20(18-8-10-19(21)11-9-18)24(5)14-12-17(4)23-7-2/h8-13,15,20,23H,6-7,14H2,1-5H3/b16-15+,17-12+,22-13?. The predicted molar refractivity (Wildman–Crippen MR) is 107 cm³/mol. The fourth-order valence-electron chi connectivity index (χ4n) is 2.59. The van der Waals surface area contributed by atoms with Gasteiger partial charge in [0.15, 0.2) is 0 Å². The van der Waals surface area contributed by atoms with Crippen LogP contribution in [-0.2, 0) is 0 Å². The molecule has 0 fully saturated rings. The zero-order valence-corrected chi connectivity index (χ0v) is 16.3. The lowest BCUT2D eigenvalue weighted by atomic mass is 9.99. The third kappa shape index (κ3) is 6.90. The molecule has 0 aliphatic heterocycles. The molecule has 0 saturated heterocycles. The first kappa shape index (κ1) is 20.5. The van der Waals surface area contributed by atoms with Crippen molar-refractivity contribution >= 4 is 17.8 Å². The number of nitrogens with one attached hydrogen (secondary N) is 1. The van der Waals surface area contributed by atoms with Crippen molar-refractivity contribution in [2.24, 2.45) is 4.99 Å². The largest absolute Gasteiger partial charge is 0.389 e. The number of allylic oxidation sites excluding steroid dienone is 1. The summed E-state index contributed by atoms with van der Waals surface area (Å²) in [4.78, 5) is 6.71. The number of rotatable bonds is 9. The third-order valence-corrected chi connectivity index (χ3v) is 4.02. The zero-order chi connectivity index (χ0) is 17.9. The first-order chi connectivity index (χ1) is 11.5. The van der Waals surface area contributed by atoms with Crippen molar-refractivity contribution in [3.63, 3.8) is 0 Å². The van der Waals surface area contributed by atoms with Gasteiger partial charge in [0.1, 0.15) is 0 Å². The summed E-state index contributed by atoms with van der Waals surface area (Å²) in [6.07, 6.45) is 7.04. The number of halogens is 1. The van der Waals surface area contributed by atoms with Crippen LogP contribution in [0.1, 0.15) is 45.7 Å². The minimum absolute atomic E-state index is 0.168. The summed E-state index contributed by atoms with van der Waals surface area (Å²) < 4.78 is 0. The van der Waals surface area contributed by atoms with Crippen molar-refractivity contribution in [3.05, 3.63) is 58.4 Å². The Labute approximate surface area is 152 Å². The van der Waals surface area contributed by atoms with Crippen LogP contribution in [0.5, 0.6) is 0 Å². The number of aliphatic imine (C=N–C) groups is 1. The SMILES string of the molecule is CCC=N/C=C(\C)C(c1ccc(Cl)cc1)N(C)C/C=C(\C)NCC. The molecule has 0 heterocycles. The van der Waals surface area contributed by atoms with Gasteiger partial charge in [0.25, 0.3) is 0 Å². The molecule has 0 aromatic heterocycles. The Balaban J connectivity index is 3.03. The van der Waals surface area contributed by atoms with Crippen LogP contribution in [0, 0.1) is 0 Å². The van der Waals surface area contributed by atoms with Crippen LogP contribution in [0.25, 0.3) is 0 Å². The minimum atomic E-state index is 0.168. The van der Waals surface area contributed by atoms with E-state index in [9.17, 15) is 0 Å². The Morgan fingerprint density at radius 2 is 1.92 bits per heavy atom. The monoisotopic (exact) mass is 347 g/mol. The van der Waals surface area contributed by atoms with E-state index in [0.29, 0.717) is 0 Å². The zero-order valence-electron chi connectivity index (χ0n) is 15.5. The Kier molecular flexibility index (Phi) is 9.43. The number of hydrogen-bond acceptors (Lipinski definition) is 3. The van der Waals surface area contributed by atoms with E-state index in [2.05, 4.69) is 68.2 Å². The van der Waals surface area contributed by atoms with Crippen molar-refractivity contribution in [3.8, 4) is 0 Å². The van der Waals surface area contributed by atoms with E-state index < -0.39 is 0 Å². The summed E-state index contributed by atoms with van der Waals surface area (Å²) in [7, 11) is 2.13. The summed E-state index contributed by atoms with van der Waals surface area (Å²) in [6, 6.07) is 8.23. The van der Waals surface area contributed by atoms with Crippen LogP contribution in [0.4, 0.5) is 0 Å². The molecular formula is C20H30ClN3. The van der Waals surface area contributed by atoms with Gasteiger partial charge in [0, 0.05) is 36.2 Å². The topological polar surface area (TPSA) is 27.6 Å². The van der Waals surface area contributed by atoms with E-state index in [1.165, 1.54) is 16.8 Å². The van der Waals surface area contributed by atoms with Crippen molar-refractivity contribution in [1.82, 2.24) is 10.2 Å². The van der Waals surface area contributed by atoms with E-state index in [1.54, 1.807) is 0 Å². The molecule has 0 spiro atoms. The van der Waals surface area contributed by atoms with Crippen molar-refractivity contribution in [2.45, 2.75) is 40.2 Å². The highest BCUT2D eigenvalue weighted by Crippen LogP contribution is 2.28. The lowest BCUT2D eigenvalue weighted by Gasteiger charge is -2.28. The quantitative estimate of drug-likeness (QED) is 0.621. The van der Waals surface area contributed by atoms with Gasteiger partial charge >= 0.3 is 0 Å². The molecule has 132 valence electrons. The Bertz CT molecular complexity index is 573. The number of benzene rings is 1. The Morgan fingerprint density at radius 1 is 1.25 bits per heavy atom. The molecule has 4 heteroatoms. The molecule has 1 aromatic rings. The molecule has 0 saturated carbocycles. The normalized spacial score (nSPS) is 14.5. The smallest absolute Gasteiger partial charge is 0.0576 e. The van der Waals surface area contributed by atoms with Gasteiger partial charge < -0.3 is 5.32 Å². The second kappa shape index (κ2) is 11.1. The summed E-state index contributed by atoms with van der Waals surface area (Å²) in [6.45, 7) is 10.2. The molecule has 0 aliphatic carbocycles. The predicted octanol–water partition coefficient (Wildman–Crippen LogP) is 5.21. The lowest BCUT2D eigenvalue weighted by Crippen LogP contribution is -2.26. The van der Waals surface area contributed by atoms with Gasteiger partial charge in [0.2, 0.25) is 0 Å². The molecule has 1 atom stereocenters. The lowest BCUT2D eigenvalue weighted by molar-refractivity contribution is 0.303. The molecule has 0 radical (unpaired) electrons. The summed E-state index contributed by atoms with van der Waals surface area (Å²) in [5.41, 5.74) is 3.63. The van der Waals surface area contributed by atoms with Gasteiger partial charge in [-0.3, -0.25) is 9.89 Å². The van der Waals surface area contributed by atoms with Gasteiger partial charge in [-0.05, 0) is 57.5 Å². The first-order valence-corrected chi connectivity index (χ1v) is 8.92. The molecule has 1 unspecified atom stereocenters. The first-order valence-electron chi connectivity index (χ1n) is 8.54. The molecule has 3 nitrogen and oxygen atoms in total. The van der Waals surface area contributed by atoms with Crippen LogP contribution in [0.2, 0.25) is 5.02 Å². The van der Waals surface area contributed by atoms with Crippen LogP contribution < -0.4 is 5.32 Å². The fraction of sp³-hybridized carbons (Fsp3) is 0.450. The number of hydrogen-bond donors (Lipinski definition) is 1. The molecular weight excluding hydrogens is 318 g/mol. The summed E-state index contributed by atoms with van der Waals surface area (Å²) in [5.74, 6) is 0. The highest BCUT2D eigenvalue weighted by Gasteiger charge is 2.18. The summed E-state index contributed by atoms with van der Waals surface area (Å²) >= 11 is 6.05. The van der Waals surface area contributed by atoms with Crippen LogP contribution in [0.15, 0.2) is 52.8 Å². The van der Waals surface area contributed by atoms with E-state index in [0.717, 1.165) is 24.5 Å². The van der Waals surface area contributed by atoms with Crippen molar-refractivity contribution in [2.75, 3.05) is 20.1 Å². The maximum absolute atomic E-state index is 6.05. The number of nitrogens with zero attached hydrogens (tertiary/aromatic N) is 2. The average Bonchev–Trinajstić information content (AvgIpc) is 2.55. The van der Waals surface area contributed by atoms with E-state index in [-0.39, 0.29) is 6.04 Å². The molecule has 0 aliphatic rings. The maximum atomic E-state index is 6.05. The average molecular weight is 348 g/mol. The molecule has 1 N–H and O–H groups in total. The van der Waals surface area contributed by atoms with Gasteiger partial charge in [-0.1, -0.05) is 36.7 Å². The van der Waals surface area contributed by atoms with Crippen LogP contribution >= 0.6 is 11.6 Å².